The second-order valence-corrected chi connectivity index (χ2v) is 6.19. The zero-order valence-electron chi connectivity index (χ0n) is 16.0. The first kappa shape index (κ1) is 20.7. The van der Waals surface area contributed by atoms with E-state index in [1.165, 1.54) is 6.21 Å². The van der Waals surface area contributed by atoms with Gasteiger partial charge in [0.05, 0.1) is 6.21 Å². The molecule has 28 heavy (non-hydrogen) atoms. The minimum Gasteiger partial charge on any atom is -0.480 e. The molecule has 0 saturated carbocycles. The molecule has 0 atom stereocenters. The first-order valence-corrected chi connectivity index (χ1v) is 8.84. The molecule has 0 saturated heterocycles. The second kappa shape index (κ2) is 10.5. The predicted octanol–water partition coefficient (Wildman–Crippen LogP) is 3.18. The van der Waals surface area contributed by atoms with Gasteiger partial charge in [0.1, 0.15) is 12.4 Å². The van der Waals surface area contributed by atoms with Gasteiger partial charge in [-0.05, 0) is 43.2 Å². The minimum absolute atomic E-state index is 0.0310. The summed E-state index contributed by atoms with van der Waals surface area (Å²) in [5.41, 5.74) is 5.88. The third-order valence-corrected chi connectivity index (χ3v) is 3.87. The number of benzene rings is 2. The topological polar surface area (TPSA) is 79.8 Å². The minimum atomic E-state index is -0.352. The molecule has 2 rings (SSSR count). The fraction of sp³-hybridized carbons (Fsp3) is 0.227. The van der Waals surface area contributed by atoms with E-state index < -0.39 is 0 Å². The predicted molar refractivity (Wildman–Crippen MR) is 110 cm³/mol. The van der Waals surface area contributed by atoms with Crippen molar-refractivity contribution in [1.82, 2.24) is 5.43 Å². The van der Waals surface area contributed by atoms with Crippen molar-refractivity contribution in [3.05, 3.63) is 59.2 Å². The van der Waals surface area contributed by atoms with Crippen LogP contribution in [-0.2, 0) is 9.59 Å². The van der Waals surface area contributed by atoms with Crippen molar-refractivity contribution < 1.29 is 14.3 Å². The van der Waals surface area contributed by atoms with Gasteiger partial charge in [-0.2, -0.15) is 5.10 Å². The maximum atomic E-state index is 12.1. The molecule has 6 nitrogen and oxygen atoms in total. The van der Waals surface area contributed by atoms with E-state index in [0.717, 1.165) is 16.8 Å². The highest BCUT2D eigenvalue weighted by Gasteiger charge is 2.08. The molecule has 0 aliphatic carbocycles. The molecule has 0 heterocycles. The van der Waals surface area contributed by atoms with Crippen LogP contribution in [0.2, 0.25) is 0 Å². The number of para-hydroxylation sites is 1. The molecule has 0 unspecified atom stereocenters. The summed E-state index contributed by atoms with van der Waals surface area (Å²) < 4.78 is 5.40. The van der Waals surface area contributed by atoms with Gasteiger partial charge < -0.3 is 10.1 Å². The smallest absolute Gasteiger partial charge is 0.240 e. The lowest BCUT2D eigenvalue weighted by molar-refractivity contribution is -0.124. The largest absolute Gasteiger partial charge is 0.480 e. The van der Waals surface area contributed by atoms with E-state index in [-0.39, 0.29) is 31.3 Å². The molecule has 0 spiro atoms. The molecule has 0 bridgehead atoms. The molecule has 2 aromatic rings. The van der Waals surface area contributed by atoms with Gasteiger partial charge in [-0.1, -0.05) is 30.2 Å². The zero-order valence-corrected chi connectivity index (χ0v) is 16.0. The Hall–Kier alpha value is -3.59. The monoisotopic (exact) mass is 377 g/mol. The third kappa shape index (κ3) is 6.61. The summed E-state index contributed by atoms with van der Waals surface area (Å²) >= 11 is 0. The van der Waals surface area contributed by atoms with Gasteiger partial charge in [0, 0.05) is 24.1 Å². The molecule has 0 aromatic heterocycles. The molecule has 6 heteroatoms. The molecule has 2 amide bonds. The zero-order chi connectivity index (χ0) is 20.4. The van der Waals surface area contributed by atoms with Crippen molar-refractivity contribution in [1.29, 1.82) is 0 Å². The number of amides is 2. The van der Waals surface area contributed by atoms with E-state index in [1.54, 1.807) is 12.1 Å². The number of anilines is 1. The number of rotatable bonds is 8. The van der Waals surface area contributed by atoms with Gasteiger partial charge in [-0.25, -0.2) is 5.43 Å². The number of hydrogen-bond acceptors (Lipinski definition) is 4. The Labute approximate surface area is 165 Å². The van der Waals surface area contributed by atoms with E-state index in [1.807, 2.05) is 44.2 Å². The molecule has 0 fully saturated rings. The van der Waals surface area contributed by atoms with E-state index in [4.69, 9.17) is 11.2 Å². The van der Waals surface area contributed by atoms with Crippen molar-refractivity contribution in [2.75, 3.05) is 11.9 Å². The average Bonchev–Trinajstić information content (AvgIpc) is 2.68. The second-order valence-electron chi connectivity index (χ2n) is 6.19. The third-order valence-electron chi connectivity index (χ3n) is 3.87. The Morgan fingerprint density at radius 1 is 1.14 bits per heavy atom. The average molecular weight is 377 g/mol. The summed E-state index contributed by atoms with van der Waals surface area (Å²) in [6, 6.07) is 13.0. The lowest BCUT2D eigenvalue weighted by Crippen LogP contribution is -2.21. The standard InChI is InChI=1S/C22H23N3O3/c1-4-13-28-20-8-6-5-7-18(20)15-23-25-22(27)12-11-21(26)24-19-14-16(2)9-10-17(19)3/h1,5-10,14-15H,11-13H2,2-3H3,(H,24,26)(H,25,27). The van der Waals surface area contributed by atoms with Crippen molar-refractivity contribution in [2.45, 2.75) is 26.7 Å². The highest BCUT2D eigenvalue weighted by atomic mass is 16.5. The van der Waals surface area contributed by atoms with Gasteiger partial charge >= 0.3 is 0 Å². The number of terminal acetylenes is 1. The van der Waals surface area contributed by atoms with Gasteiger partial charge in [0.2, 0.25) is 11.8 Å². The number of carbonyl (C=O) groups is 2. The molecular formula is C22H23N3O3. The molecule has 0 aliphatic heterocycles. The number of aryl methyl sites for hydroxylation is 2. The molecular weight excluding hydrogens is 354 g/mol. The lowest BCUT2D eigenvalue weighted by Gasteiger charge is -2.09. The van der Waals surface area contributed by atoms with Crippen LogP contribution in [-0.4, -0.2) is 24.6 Å². The SMILES string of the molecule is C#CCOc1ccccc1C=NNC(=O)CCC(=O)Nc1cc(C)ccc1C. The summed E-state index contributed by atoms with van der Waals surface area (Å²) in [6.45, 7) is 4.02. The van der Waals surface area contributed by atoms with Crippen LogP contribution in [0.5, 0.6) is 5.75 Å². The summed E-state index contributed by atoms with van der Waals surface area (Å²) in [5.74, 6) is 2.40. The number of hydrazone groups is 1. The van der Waals surface area contributed by atoms with Gasteiger partial charge in [0.15, 0.2) is 0 Å². The number of carbonyl (C=O) groups excluding carboxylic acids is 2. The van der Waals surface area contributed by atoms with Crippen LogP contribution in [0.4, 0.5) is 5.69 Å². The maximum Gasteiger partial charge on any atom is 0.240 e. The summed E-state index contributed by atoms with van der Waals surface area (Å²) in [6.07, 6.45) is 6.76. The van der Waals surface area contributed by atoms with E-state index in [2.05, 4.69) is 21.8 Å². The van der Waals surface area contributed by atoms with Crippen LogP contribution in [0.1, 0.15) is 29.5 Å². The van der Waals surface area contributed by atoms with Crippen molar-refractivity contribution >= 4 is 23.7 Å². The summed E-state index contributed by atoms with van der Waals surface area (Å²) in [7, 11) is 0. The van der Waals surface area contributed by atoms with E-state index in [9.17, 15) is 9.59 Å². The Bertz CT molecular complexity index is 913. The van der Waals surface area contributed by atoms with Crippen LogP contribution in [0.25, 0.3) is 0 Å². The Morgan fingerprint density at radius 2 is 1.89 bits per heavy atom. The summed E-state index contributed by atoms with van der Waals surface area (Å²) in [4.78, 5) is 24.0. The highest BCUT2D eigenvalue weighted by Crippen LogP contribution is 2.17. The normalized spacial score (nSPS) is 10.3. The van der Waals surface area contributed by atoms with E-state index in [0.29, 0.717) is 11.3 Å². The van der Waals surface area contributed by atoms with Gasteiger partial charge in [-0.3, -0.25) is 9.59 Å². The van der Waals surface area contributed by atoms with Crippen molar-refractivity contribution in [3.8, 4) is 18.1 Å². The molecule has 0 aliphatic rings. The molecule has 0 radical (unpaired) electrons. The molecule has 2 aromatic carbocycles. The van der Waals surface area contributed by atoms with Crippen molar-refractivity contribution in [3.63, 3.8) is 0 Å². The number of nitrogens with zero attached hydrogens (tertiary/aromatic N) is 1. The lowest BCUT2D eigenvalue weighted by atomic mass is 10.1. The first-order chi connectivity index (χ1) is 13.5. The number of ether oxygens (including phenoxy) is 1. The quantitative estimate of drug-likeness (QED) is 0.421. The van der Waals surface area contributed by atoms with Crippen LogP contribution in [0, 0.1) is 26.2 Å². The number of hydrogen-bond donors (Lipinski definition) is 2. The highest BCUT2D eigenvalue weighted by molar-refractivity contribution is 5.94. The van der Waals surface area contributed by atoms with Gasteiger partial charge in [-0.15, -0.1) is 6.42 Å². The fourth-order valence-electron chi connectivity index (χ4n) is 2.38. The Morgan fingerprint density at radius 3 is 2.68 bits per heavy atom. The molecule has 2 N–H and O–H groups in total. The van der Waals surface area contributed by atoms with Crippen LogP contribution in [0.3, 0.4) is 0 Å². The first-order valence-electron chi connectivity index (χ1n) is 8.84. The van der Waals surface area contributed by atoms with Crippen LogP contribution < -0.4 is 15.5 Å². The van der Waals surface area contributed by atoms with Gasteiger partial charge in [0.25, 0.3) is 0 Å². The Kier molecular flexibility index (Phi) is 7.79. The van der Waals surface area contributed by atoms with Crippen LogP contribution >= 0.6 is 0 Å². The number of nitrogens with one attached hydrogen (secondary N) is 2. The van der Waals surface area contributed by atoms with Crippen LogP contribution in [0.15, 0.2) is 47.6 Å². The molecule has 144 valence electrons. The van der Waals surface area contributed by atoms with E-state index >= 15 is 0 Å². The summed E-state index contributed by atoms with van der Waals surface area (Å²) in [5, 5.41) is 6.74. The van der Waals surface area contributed by atoms with Crippen molar-refractivity contribution in [2.24, 2.45) is 5.10 Å². The maximum absolute atomic E-state index is 12.1. The Balaban J connectivity index is 1.81. The fourth-order valence-corrected chi connectivity index (χ4v) is 2.38.